The van der Waals surface area contributed by atoms with Gasteiger partial charge in [-0.1, -0.05) is 0 Å². The number of nitrogens with zero attached hydrogens (tertiary/aromatic N) is 1. The van der Waals surface area contributed by atoms with E-state index in [1.807, 2.05) is 20.8 Å². The minimum Gasteiger partial charge on any atom is -0.470 e. The van der Waals surface area contributed by atoms with Crippen molar-refractivity contribution < 1.29 is 9.53 Å². The van der Waals surface area contributed by atoms with Crippen LogP contribution in [0.1, 0.15) is 33.6 Å². The zero-order valence-electron chi connectivity index (χ0n) is 12.9. The summed E-state index contributed by atoms with van der Waals surface area (Å²) in [6, 6.07) is 3.56. The fourth-order valence-electron chi connectivity index (χ4n) is 1.79. The predicted molar refractivity (Wildman–Crippen MR) is 83.3 cm³/mol. The fraction of sp³-hybridized carbons (Fsp3) is 0.600. The number of carbonyl (C=O) groups excluding carboxylic acids is 1. The molecular formula is C15H24N4O2. The number of ether oxygens (including phenoxy) is 1. The van der Waals surface area contributed by atoms with E-state index >= 15 is 0 Å². The second-order valence-corrected chi connectivity index (χ2v) is 6.30. The molecule has 1 fully saturated rings. The van der Waals surface area contributed by atoms with E-state index in [-0.39, 0.29) is 17.4 Å². The van der Waals surface area contributed by atoms with Gasteiger partial charge in [0, 0.05) is 19.0 Å². The van der Waals surface area contributed by atoms with Gasteiger partial charge in [0.1, 0.15) is 11.4 Å². The van der Waals surface area contributed by atoms with Crippen molar-refractivity contribution in [3.05, 3.63) is 12.1 Å². The van der Waals surface area contributed by atoms with Crippen LogP contribution in [0.4, 0.5) is 11.5 Å². The van der Waals surface area contributed by atoms with Crippen LogP contribution in [0, 0.1) is 5.92 Å². The molecule has 0 aliphatic heterocycles. The average molecular weight is 292 g/mol. The van der Waals surface area contributed by atoms with Gasteiger partial charge >= 0.3 is 0 Å². The van der Waals surface area contributed by atoms with E-state index in [0.29, 0.717) is 30.5 Å². The normalized spacial score (nSPS) is 14.6. The summed E-state index contributed by atoms with van der Waals surface area (Å²) in [5.74, 6) is 1.50. The molecule has 0 radical (unpaired) electrons. The highest BCUT2D eigenvalue weighted by molar-refractivity contribution is 5.80. The molecule has 1 aromatic rings. The topological polar surface area (TPSA) is 89.3 Å². The Morgan fingerprint density at radius 2 is 2.10 bits per heavy atom. The lowest BCUT2D eigenvalue weighted by atomic mass is 10.2. The van der Waals surface area contributed by atoms with Crippen LogP contribution in [0.2, 0.25) is 0 Å². The number of hydrogen-bond acceptors (Lipinski definition) is 5. The first kappa shape index (κ1) is 15.4. The molecule has 1 aliphatic rings. The number of hydrogen-bond donors (Lipinski definition) is 3. The van der Waals surface area contributed by atoms with Crippen molar-refractivity contribution in [3.8, 4) is 5.88 Å². The number of rotatable bonds is 6. The predicted octanol–water partition coefficient (Wildman–Crippen LogP) is 1.78. The van der Waals surface area contributed by atoms with Crippen molar-refractivity contribution in [1.82, 2.24) is 10.3 Å². The summed E-state index contributed by atoms with van der Waals surface area (Å²) in [6.45, 7) is 7.03. The number of pyridine rings is 1. The highest BCUT2D eigenvalue weighted by Crippen LogP contribution is 2.28. The Balaban J connectivity index is 1.82. The minimum absolute atomic E-state index is 0.152. The minimum atomic E-state index is -0.349. The molecule has 1 saturated carbocycles. The van der Waals surface area contributed by atoms with E-state index in [0.717, 1.165) is 12.8 Å². The lowest BCUT2D eigenvalue weighted by Gasteiger charge is -2.21. The lowest BCUT2D eigenvalue weighted by molar-refractivity contribution is -0.122. The molecule has 2 rings (SSSR count). The first-order valence-electron chi connectivity index (χ1n) is 7.32. The smallest absolute Gasteiger partial charge is 0.239 e. The van der Waals surface area contributed by atoms with Gasteiger partial charge in [0.05, 0.1) is 5.69 Å². The van der Waals surface area contributed by atoms with E-state index in [2.05, 4.69) is 15.6 Å². The van der Waals surface area contributed by atoms with Gasteiger partial charge in [0.15, 0.2) is 0 Å². The molecule has 0 bridgehead atoms. The maximum atomic E-state index is 11.5. The van der Waals surface area contributed by atoms with E-state index < -0.39 is 0 Å². The molecule has 6 heteroatoms. The van der Waals surface area contributed by atoms with E-state index in [1.54, 1.807) is 12.1 Å². The molecule has 1 aliphatic carbocycles. The quantitative estimate of drug-likeness (QED) is 0.695. The average Bonchev–Trinajstić information content (AvgIpc) is 3.20. The molecule has 6 nitrogen and oxygen atoms in total. The number of anilines is 2. The summed E-state index contributed by atoms with van der Waals surface area (Å²) in [5, 5.41) is 6.05. The van der Waals surface area contributed by atoms with Crippen LogP contribution in [-0.4, -0.2) is 29.6 Å². The van der Waals surface area contributed by atoms with E-state index in [4.69, 9.17) is 10.5 Å². The van der Waals surface area contributed by atoms with Crippen molar-refractivity contribution in [1.29, 1.82) is 0 Å². The van der Waals surface area contributed by atoms with Crippen LogP contribution in [-0.2, 0) is 4.79 Å². The highest BCUT2D eigenvalue weighted by atomic mass is 16.5. The Morgan fingerprint density at radius 3 is 2.71 bits per heavy atom. The molecule has 1 aromatic heterocycles. The van der Waals surface area contributed by atoms with Gasteiger partial charge in [0.2, 0.25) is 11.8 Å². The maximum absolute atomic E-state index is 11.5. The van der Waals surface area contributed by atoms with E-state index in [9.17, 15) is 4.79 Å². The number of carbonyl (C=O) groups is 1. The molecule has 0 unspecified atom stereocenters. The third-order valence-electron chi connectivity index (χ3n) is 2.97. The van der Waals surface area contributed by atoms with Crippen molar-refractivity contribution in [2.45, 2.75) is 39.2 Å². The first-order valence-corrected chi connectivity index (χ1v) is 7.32. The second-order valence-electron chi connectivity index (χ2n) is 6.30. The van der Waals surface area contributed by atoms with Gasteiger partial charge in [-0.3, -0.25) is 4.79 Å². The third kappa shape index (κ3) is 5.13. The van der Waals surface area contributed by atoms with Crippen LogP contribution in [0.25, 0.3) is 0 Å². The molecule has 0 spiro atoms. The Labute approximate surface area is 125 Å². The summed E-state index contributed by atoms with van der Waals surface area (Å²) < 4.78 is 5.71. The number of aromatic nitrogens is 1. The molecule has 1 heterocycles. The molecule has 116 valence electrons. The largest absolute Gasteiger partial charge is 0.470 e. The zero-order chi connectivity index (χ0) is 15.5. The molecule has 4 N–H and O–H groups in total. The van der Waals surface area contributed by atoms with Crippen LogP contribution in [0.3, 0.4) is 0 Å². The van der Waals surface area contributed by atoms with Crippen molar-refractivity contribution in [2.75, 3.05) is 24.1 Å². The molecule has 0 aromatic carbocycles. The first-order chi connectivity index (χ1) is 9.85. The van der Waals surface area contributed by atoms with Crippen LogP contribution < -0.4 is 21.1 Å². The number of amides is 1. The van der Waals surface area contributed by atoms with Gasteiger partial charge in [-0.05, 0) is 45.7 Å². The Morgan fingerprint density at radius 1 is 1.38 bits per heavy atom. The summed E-state index contributed by atoms with van der Waals surface area (Å²) in [4.78, 5) is 15.8. The third-order valence-corrected chi connectivity index (χ3v) is 2.97. The molecule has 0 saturated heterocycles. The Bertz CT molecular complexity index is 507. The van der Waals surface area contributed by atoms with Crippen molar-refractivity contribution >= 4 is 17.4 Å². The fourth-order valence-corrected chi connectivity index (χ4v) is 1.79. The number of nitrogen functional groups attached to an aromatic ring is 1. The van der Waals surface area contributed by atoms with Crippen LogP contribution >= 0.6 is 0 Å². The molecule has 0 atom stereocenters. The second kappa shape index (κ2) is 6.20. The van der Waals surface area contributed by atoms with Gasteiger partial charge in [0.25, 0.3) is 0 Å². The number of nitrogens with one attached hydrogen (secondary N) is 2. The summed E-state index contributed by atoms with van der Waals surface area (Å²) in [5.41, 5.74) is 6.02. The summed E-state index contributed by atoms with van der Waals surface area (Å²) in [7, 11) is 0. The van der Waals surface area contributed by atoms with Gasteiger partial charge in [-0.2, -0.15) is 4.98 Å². The Hall–Kier alpha value is -1.98. The lowest BCUT2D eigenvalue weighted by Crippen LogP contribution is -2.30. The standard InChI is InChI=1S/C15H24N4O2/c1-15(2,3)21-14-11(16)6-7-12(19-14)17-8-9-18-13(20)10-4-5-10/h6-7,10H,4-5,8-9,16H2,1-3H3,(H,17,19)(H,18,20). The number of nitrogens with two attached hydrogens (primary N) is 1. The van der Waals surface area contributed by atoms with Crippen LogP contribution in [0.5, 0.6) is 5.88 Å². The molecular weight excluding hydrogens is 268 g/mol. The highest BCUT2D eigenvalue weighted by Gasteiger charge is 2.28. The Kier molecular flexibility index (Phi) is 4.55. The summed E-state index contributed by atoms with van der Waals surface area (Å²) in [6.07, 6.45) is 2.04. The zero-order valence-corrected chi connectivity index (χ0v) is 12.9. The maximum Gasteiger partial charge on any atom is 0.239 e. The van der Waals surface area contributed by atoms with Gasteiger partial charge < -0.3 is 21.1 Å². The van der Waals surface area contributed by atoms with Gasteiger partial charge in [-0.25, -0.2) is 0 Å². The van der Waals surface area contributed by atoms with Crippen molar-refractivity contribution in [2.24, 2.45) is 5.92 Å². The molecule has 1 amide bonds. The monoisotopic (exact) mass is 292 g/mol. The van der Waals surface area contributed by atoms with Crippen LogP contribution in [0.15, 0.2) is 12.1 Å². The van der Waals surface area contributed by atoms with Crippen molar-refractivity contribution in [3.63, 3.8) is 0 Å². The summed E-state index contributed by atoms with van der Waals surface area (Å²) >= 11 is 0. The molecule has 21 heavy (non-hydrogen) atoms. The van der Waals surface area contributed by atoms with Gasteiger partial charge in [-0.15, -0.1) is 0 Å². The van der Waals surface area contributed by atoms with E-state index in [1.165, 1.54) is 0 Å². The SMILES string of the molecule is CC(C)(C)Oc1nc(NCCNC(=O)C2CC2)ccc1N.